The zero-order valence-electron chi connectivity index (χ0n) is 12.9. The third-order valence-corrected chi connectivity index (χ3v) is 4.22. The van der Waals surface area contributed by atoms with Crippen LogP contribution in [0.15, 0.2) is 18.2 Å². The summed E-state index contributed by atoms with van der Waals surface area (Å²) in [4.78, 5) is 34.1. The van der Waals surface area contributed by atoms with E-state index in [1.54, 1.807) is 0 Å². The Hall–Kier alpha value is -2.37. The SMILES string of the molecule is O=C(CCC1CCCCC1)Nc1cc(C(=O)O)cc(C(=O)O)c1. The molecule has 2 rings (SSSR count). The predicted molar refractivity (Wildman–Crippen MR) is 84.8 cm³/mol. The monoisotopic (exact) mass is 319 g/mol. The van der Waals surface area contributed by atoms with E-state index in [0.29, 0.717) is 12.3 Å². The number of carbonyl (C=O) groups is 3. The molecule has 0 heterocycles. The van der Waals surface area contributed by atoms with Crippen LogP contribution in [0.3, 0.4) is 0 Å². The Morgan fingerprint density at radius 3 is 2.04 bits per heavy atom. The highest BCUT2D eigenvalue weighted by atomic mass is 16.4. The van der Waals surface area contributed by atoms with Gasteiger partial charge in [-0.25, -0.2) is 9.59 Å². The highest BCUT2D eigenvalue weighted by molar-refractivity contribution is 5.98. The van der Waals surface area contributed by atoms with E-state index in [4.69, 9.17) is 10.2 Å². The summed E-state index contributed by atoms with van der Waals surface area (Å²) in [5.41, 5.74) is -0.115. The van der Waals surface area contributed by atoms with Crippen molar-refractivity contribution in [1.82, 2.24) is 0 Å². The van der Waals surface area contributed by atoms with Gasteiger partial charge in [0.05, 0.1) is 11.1 Å². The first-order valence-corrected chi connectivity index (χ1v) is 7.87. The number of rotatable bonds is 6. The van der Waals surface area contributed by atoms with Gasteiger partial charge in [0.1, 0.15) is 0 Å². The molecule has 6 nitrogen and oxygen atoms in total. The number of nitrogens with one attached hydrogen (secondary N) is 1. The van der Waals surface area contributed by atoms with Crippen LogP contribution in [0.1, 0.15) is 65.7 Å². The van der Waals surface area contributed by atoms with E-state index in [1.807, 2.05) is 0 Å². The Kier molecular flexibility index (Phi) is 5.73. The standard InChI is InChI=1S/C17H21NO5/c19-15(7-6-11-4-2-1-3-5-11)18-14-9-12(16(20)21)8-13(10-14)17(22)23/h8-11H,1-7H2,(H,18,19)(H,20,21)(H,22,23). The van der Waals surface area contributed by atoms with Gasteiger partial charge in [-0.05, 0) is 30.5 Å². The lowest BCUT2D eigenvalue weighted by Gasteiger charge is -2.21. The Morgan fingerprint density at radius 2 is 1.52 bits per heavy atom. The number of hydrogen-bond donors (Lipinski definition) is 3. The van der Waals surface area contributed by atoms with Gasteiger partial charge < -0.3 is 15.5 Å². The second kappa shape index (κ2) is 7.76. The fraction of sp³-hybridized carbons (Fsp3) is 0.471. The summed E-state index contributed by atoms with van der Waals surface area (Å²) in [5, 5.41) is 20.6. The molecule has 6 heteroatoms. The van der Waals surface area contributed by atoms with Gasteiger partial charge in [-0.15, -0.1) is 0 Å². The summed E-state index contributed by atoms with van der Waals surface area (Å²) < 4.78 is 0. The van der Waals surface area contributed by atoms with Crippen LogP contribution < -0.4 is 5.32 Å². The van der Waals surface area contributed by atoms with Crippen LogP contribution in [-0.2, 0) is 4.79 Å². The van der Waals surface area contributed by atoms with Crippen LogP contribution in [-0.4, -0.2) is 28.1 Å². The van der Waals surface area contributed by atoms with Gasteiger partial charge in [0, 0.05) is 12.1 Å². The molecule has 0 saturated heterocycles. The van der Waals surface area contributed by atoms with E-state index in [0.717, 1.165) is 25.3 Å². The molecule has 1 aromatic carbocycles. The van der Waals surface area contributed by atoms with Crippen molar-refractivity contribution in [2.24, 2.45) is 5.92 Å². The Labute approximate surface area is 134 Å². The molecule has 1 fully saturated rings. The number of amides is 1. The van der Waals surface area contributed by atoms with Crippen molar-refractivity contribution in [3.05, 3.63) is 29.3 Å². The quantitative estimate of drug-likeness (QED) is 0.745. The van der Waals surface area contributed by atoms with Crippen molar-refractivity contribution >= 4 is 23.5 Å². The lowest BCUT2D eigenvalue weighted by Crippen LogP contribution is -2.15. The largest absolute Gasteiger partial charge is 0.478 e. The minimum atomic E-state index is -1.23. The van der Waals surface area contributed by atoms with Gasteiger partial charge in [0.2, 0.25) is 5.91 Å². The van der Waals surface area contributed by atoms with Gasteiger partial charge in [-0.2, -0.15) is 0 Å². The molecule has 0 aliphatic heterocycles. The lowest BCUT2D eigenvalue weighted by molar-refractivity contribution is -0.116. The van der Waals surface area contributed by atoms with Crippen LogP contribution >= 0.6 is 0 Å². The van der Waals surface area contributed by atoms with E-state index in [2.05, 4.69) is 5.32 Å². The molecule has 0 bridgehead atoms. The molecule has 1 amide bonds. The summed E-state index contributed by atoms with van der Waals surface area (Å²) in [6, 6.07) is 3.61. The number of aromatic carboxylic acids is 2. The molecule has 1 aliphatic rings. The molecular weight excluding hydrogens is 298 g/mol. The summed E-state index contributed by atoms with van der Waals surface area (Å²) >= 11 is 0. The van der Waals surface area contributed by atoms with Crippen molar-refractivity contribution in [3.8, 4) is 0 Å². The fourth-order valence-corrected chi connectivity index (χ4v) is 2.98. The minimum Gasteiger partial charge on any atom is -0.478 e. The fourth-order valence-electron chi connectivity index (χ4n) is 2.98. The minimum absolute atomic E-state index is 0.160. The smallest absolute Gasteiger partial charge is 0.335 e. The molecule has 1 saturated carbocycles. The second-order valence-electron chi connectivity index (χ2n) is 6.00. The first-order chi connectivity index (χ1) is 11.0. The molecule has 23 heavy (non-hydrogen) atoms. The Bertz CT molecular complexity index is 573. The van der Waals surface area contributed by atoms with E-state index >= 15 is 0 Å². The molecule has 0 aromatic heterocycles. The van der Waals surface area contributed by atoms with Gasteiger partial charge in [0.15, 0.2) is 0 Å². The van der Waals surface area contributed by atoms with Crippen molar-refractivity contribution in [2.45, 2.75) is 44.9 Å². The third-order valence-electron chi connectivity index (χ3n) is 4.22. The van der Waals surface area contributed by atoms with Crippen LogP contribution in [0.2, 0.25) is 0 Å². The van der Waals surface area contributed by atoms with E-state index in [9.17, 15) is 14.4 Å². The van der Waals surface area contributed by atoms with Crippen LogP contribution in [0.4, 0.5) is 5.69 Å². The van der Waals surface area contributed by atoms with Crippen LogP contribution in [0, 0.1) is 5.92 Å². The molecule has 0 atom stereocenters. The molecule has 0 spiro atoms. The molecule has 1 aliphatic carbocycles. The topological polar surface area (TPSA) is 104 Å². The normalized spacial score (nSPS) is 15.1. The average Bonchev–Trinajstić information content (AvgIpc) is 2.53. The van der Waals surface area contributed by atoms with E-state index in [-0.39, 0.29) is 22.7 Å². The summed E-state index contributed by atoms with van der Waals surface area (Å²) in [6.45, 7) is 0. The zero-order valence-corrected chi connectivity index (χ0v) is 12.9. The number of carbonyl (C=O) groups excluding carboxylic acids is 1. The molecule has 0 radical (unpaired) electrons. The van der Waals surface area contributed by atoms with Gasteiger partial charge >= 0.3 is 11.9 Å². The lowest BCUT2D eigenvalue weighted by atomic mass is 9.86. The van der Waals surface area contributed by atoms with Crippen molar-refractivity contribution < 1.29 is 24.6 Å². The molecule has 3 N–H and O–H groups in total. The molecule has 1 aromatic rings. The zero-order chi connectivity index (χ0) is 16.8. The van der Waals surface area contributed by atoms with Crippen molar-refractivity contribution in [3.63, 3.8) is 0 Å². The maximum Gasteiger partial charge on any atom is 0.335 e. The number of carboxylic acid groups (broad SMARTS) is 2. The van der Waals surface area contributed by atoms with Gasteiger partial charge in [-0.1, -0.05) is 32.1 Å². The number of benzene rings is 1. The van der Waals surface area contributed by atoms with Gasteiger partial charge in [0.25, 0.3) is 0 Å². The summed E-state index contributed by atoms with van der Waals surface area (Å²) in [5.74, 6) is -2.10. The molecule has 0 unspecified atom stereocenters. The molecule has 124 valence electrons. The van der Waals surface area contributed by atoms with Gasteiger partial charge in [-0.3, -0.25) is 4.79 Å². The highest BCUT2D eigenvalue weighted by Crippen LogP contribution is 2.27. The first kappa shape index (κ1) is 17.0. The van der Waals surface area contributed by atoms with Crippen LogP contribution in [0.5, 0.6) is 0 Å². The summed E-state index contributed by atoms with van der Waals surface area (Å²) in [7, 11) is 0. The number of carboxylic acids is 2. The Morgan fingerprint density at radius 1 is 0.957 bits per heavy atom. The maximum absolute atomic E-state index is 12.0. The highest BCUT2D eigenvalue weighted by Gasteiger charge is 2.16. The van der Waals surface area contributed by atoms with Crippen molar-refractivity contribution in [2.75, 3.05) is 5.32 Å². The van der Waals surface area contributed by atoms with E-state index < -0.39 is 11.9 Å². The number of anilines is 1. The maximum atomic E-state index is 12.0. The molecular formula is C17H21NO5. The Balaban J connectivity index is 1.98. The van der Waals surface area contributed by atoms with Crippen LogP contribution in [0.25, 0.3) is 0 Å². The average molecular weight is 319 g/mol. The van der Waals surface area contributed by atoms with E-state index in [1.165, 1.54) is 31.4 Å². The number of hydrogen-bond acceptors (Lipinski definition) is 3. The second-order valence-corrected chi connectivity index (χ2v) is 6.00. The summed E-state index contributed by atoms with van der Waals surface area (Å²) in [6.07, 6.45) is 7.20. The third kappa shape index (κ3) is 5.09. The first-order valence-electron chi connectivity index (χ1n) is 7.87. The van der Waals surface area contributed by atoms with Crippen molar-refractivity contribution in [1.29, 1.82) is 0 Å². The predicted octanol–water partition coefficient (Wildman–Crippen LogP) is 3.38.